The minimum Gasteiger partial charge on any atom is -0.142 e. The first-order valence-corrected chi connectivity index (χ1v) is 3.95. The Kier molecular flexibility index (Phi) is 2.41. The summed E-state index contributed by atoms with van der Waals surface area (Å²) < 4.78 is 3.74. The molecule has 0 aliphatic heterocycles. The van der Waals surface area contributed by atoms with Gasteiger partial charge in [0.25, 0.3) is 0 Å². The van der Waals surface area contributed by atoms with Gasteiger partial charge in [-0.2, -0.15) is 0 Å². The molecule has 0 aliphatic rings. The molecular formula is C7H8N2S. The van der Waals surface area contributed by atoms with Crippen molar-refractivity contribution in [2.24, 2.45) is 0 Å². The van der Waals surface area contributed by atoms with Crippen LogP contribution in [-0.2, 0) is 0 Å². The Morgan fingerprint density at radius 1 is 1.90 bits per heavy atom. The van der Waals surface area contributed by atoms with Gasteiger partial charge in [0.15, 0.2) is 0 Å². The molecule has 1 atom stereocenters. The summed E-state index contributed by atoms with van der Waals surface area (Å²) in [6.07, 6.45) is 6.19. The molecule has 0 fully saturated rings. The minimum atomic E-state index is 0.152. The van der Waals surface area contributed by atoms with Crippen molar-refractivity contribution in [3.8, 4) is 12.3 Å². The van der Waals surface area contributed by atoms with Crippen molar-refractivity contribution in [2.45, 2.75) is 19.3 Å². The normalized spacial score (nSPS) is 12.4. The van der Waals surface area contributed by atoms with E-state index < -0.39 is 0 Å². The van der Waals surface area contributed by atoms with Crippen molar-refractivity contribution in [2.75, 3.05) is 0 Å². The van der Waals surface area contributed by atoms with Crippen LogP contribution in [0.5, 0.6) is 0 Å². The van der Waals surface area contributed by atoms with Crippen molar-refractivity contribution in [1.29, 1.82) is 0 Å². The Bertz CT molecular complexity index is 222. The van der Waals surface area contributed by atoms with Crippen molar-refractivity contribution < 1.29 is 0 Å². The van der Waals surface area contributed by atoms with Crippen molar-refractivity contribution in [1.82, 2.24) is 9.59 Å². The lowest BCUT2D eigenvalue weighted by molar-refractivity contribution is 0.791. The zero-order chi connectivity index (χ0) is 7.40. The summed E-state index contributed by atoms with van der Waals surface area (Å²) in [6.45, 7) is 2.05. The molecule has 10 heavy (non-hydrogen) atoms. The van der Waals surface area contributed by atoms with E-state index in [9.17, 15) is 0 Å². The van der Waals surface area contributed by atoms with Crippen molar-refractivity contribution in [3.63, 3.8) is 0 Å². The number of terminal acetylenes is 1. The third-order valence-electron chi connectivity index (χ3n) is 1.34. The zero-order valence-corrected chi connectivity index (χ0v) is 6.56. The van der Waals surface area contributed by atoms with E-state index in [4.69, 9.17) is 6.42 Å². The highest BCUT2D eigenvalue weighted by molar-refractivity contribution is 7.03. The summed E-state index contributed by atoms with van der Waals surface area (Å²) in [5, 5.41) is 5.78. The summed E-state index contributed by atoms with van der Waals surface area (Å²) >= 11 is 1.34. The van der Waals surface area contributed by atoms with E-state index in [1.54, 1.807) is 0 Å². The van der Waals surface area contributed by atoms with Gasteiger partial charge < -0.3 is 0 Å². The largest absolute Gasteiger partial charge is 0.142 e. The molecule has 0 saturated heterocycles. The van der Waals surface area contributed by atoms with Gasteiger partial charge in [0.05, 0.1) is 11.6 Å². The summed E-state index contributed by atoms with van der Waals surface area (Å²) in [5.41, 5.74) is 0.926. The summed E-state index contributed by atoms with van der Waals surface area (Å²) in [7, 11) is 0. The number of rotatable bonds is 2. The predicted octanol–water partition coefficient (Wildman–Crippen LogP) is 1.66. The van der Waals surface area contributed by atoms with Gasteiger partial charge in [-0.05, 0) is 18.0 Å². The molecule has 1 aromatic heterocycles. The van der Waals surface area contributed by atoms with Gasteiger partial charge in [0.2, 0.25) is 0 Å². The second-order valence-electron chi connectivity index (χ2n) is 1.96. The molecule has 1 heterocycles. The molecule has 3 heteroatoms. The number of aromatic nitrogens is 2. The van der Waals surface area contributed by atoms with Gasteiger partial charge in [0, 0.05) is 5.38 Å². The average Bonchev–Trinajstić information content (AvgIpc) is 2.43. The predicted molar refractivity (Wildman–Crippen MR) is 41.8 cm³/mol. The fourth-order valence-corrected chi connectivity index (χ4v) is 1.24. The van der Waals surface area contributed by atoms with Crippen LogP contribution in [0.2, 0.25) is 0 Å². The molecule has 0 aromatic carbocycles. The monoisotopic (exact) mass is 152 g/mol. The maximum absolute atomic E-state index is 5.26. The average molecular weight is 152 g/mol. The molecule has 1 unspecified atom stereocenters. The first-order chi connectivity index (χ1) is 4.88. The van der Waals surface area contributed by atoms with Gasteiger partial charge in [-0.25, -0.2) is 0 Å². The lowest BCUT2D eigenvalue weighted by Crippen LogP contribution is -1.93. The Balaban J connectivity index is 2.76. The Morgan fingerprint density at radius 2 is 2.70 bits per heavy atom. The van der Waals surface area contributed by atoms with Crippen LogP contribution in [0.1, 0.15) is 25.0 Å². The quantitative estimate of drug-likeness (QED) is 0.602. The highest BCUT2D eigenvalue weighted by atomic mass is 32.1. The lowest BCUT2D eigenvalue weighted by atomic mass is 10.1. The maximum atomic E-state index is 5.26. The highest BCUT2D eigenvalue weighted by Gasteiger charge is 2.07. The van der Waals surface area contributed by atoms with Gasteiger partial charge >= 0.3 is 0 Å². The first-order valence-electron chi connectivity index (χ1n) is 3.11. The molecule has 0 aliphatic carbocycles. The van der Waals surface area contributed by atoms with E-state index in [0.29, 0.717) is 0 Å². The van der Waals surface area contributed by atoms with E-state index in [-0.39, 0.29) is 5.92 Å². The molecule has 0 N–H and O–H groups in total. The Labute approximate surface area is 64.4 Å². The molecule has 52 valence electrons. The van der Waals surface area contributed by atoms with Crippen LogP contribution < -0.4 is 0 Å². The van der Waals surface area contributed by atoms with E-state index >= 15 is 0 Å². The van der Waals surface area contributed by atoms with Crippen LogP contribution >= 0.6 is 11.5 Å². The molecule has 0 spiro atoms. The molecule has 0 saturated carbocycles. The third kappa shape index (κ3) is 1.34. The van der Waals surface area contributed by atoms with E-state index in [1.165, 1.54) is 11.5 Å². The number of nitrogens with zero attached hydrogens (tertiary/aromatic N) is 2. The van der Waals surface area contributed by atoms with Crippen molar-refractivity contribution in [3.05, 3.63) is 11.1 Å². The third-order valence-corrected chi connectivity index (χ3v) is 1.87. The SMILES string of the molecule is C#CC(CC)c1csnn1. The number of hydrogen-bond donors (Lipinski definition) is 0. The van der Waals surface area contributed by atoms with Crippen molar-refractivity contribution >= 4 is 11.5 Å². The van der Waals surface area contributed by atoms with Crippen LogP contribution in [0.3, 0.4) is 0 Å². The van der Waals surface area contributed by atoms with Crippen LogP contribution in [0.15, 0.2) is 5.38 Å². The van der Waals surface area contributed by atoms with Crippen LogP contribution in [-0.4, -0.2) is 9.59 Å². The molecule has 1 aromatic rings. The minimum absolute atomic E-state index is 0.152. The molecule has 2 nitrogen and oxygen atoms in total. The molecule has 0 amide bonds. The van der Waals surface area contributed by atoms with E-state index in [0.717, 1.165) is 12.1 Å². The summed E-state index contributed by atoms with van der Waals surface area (Å²) in [4.78, 5) is 0. The molecule has 0 radical (unpaired) electrons. The molecular weight excluding hydrogens is 144 g/mol. The van der Waals surface area contributed by atoms with Crippen LogP contribution in [0.25, 0.3) is 0 Å². The molecule has 1 rings (SSSR count). The Hall–Kier alpha value is -0.880. The smallest absolute Gasteiger partial charge is 0.0905 e. The van der Waals surface area contributed by atoms with Gasteiger partial charge in [-0.1, -0.05) is 17.3 Å². The Morgan fingerprint density at radius 3 is 3.10 bits per heavy atom. The zero-order valence-electron chi connectivity index (χ0n) is 5.74. The van der Waals surface area contributed by atoms with E-state index in [2.05, 4.69) is 15.5 Å². The second-order valence-corrected chi connectivity index (χ2v) is 2.57. The number of hydrogen-bond acceptors (Lipinski definition) is 3. The fourth-order valence-electron chi connectivity index (χ4n) is 0.736. The lowest BCUT2D eigenvalue weighted by Gasteiger charge is -1.99. The van der Waals surface area contributed by atoms with Gasteiger partial charge in [-0.15, -0.1) is 11.5 Å². The molecule has 0 bridgehead atoms. The summed E-state index contributed by atoms with van der Waals surface area (Å²) in [5.74, 6) is 2.81. The van der Waals surface area contributed by atoms with E-state index in [1.807, 2.05) is 12.3 Å². The standard InChI is InChI=1S/C7H8N2S/c1-3-6(4-2)7-5-10-9-8-7/h1,5-6H,4H2,2H3. The highest BCUT2D eigenvalue weighted by Crippen LogP contribution is 2.15. The van der Waals surface area contributed by atoms with Crippen LogP contribution in [0, 0.1) is 12.3 Å². The second kappa shape index (κ2) is 3.33. The van der Waals surface area contributed by atoms with Gasteiger partial charge in [-0.3, -0.25) is 0 Å². The fraction of sp³-hybridized carbons (Fsp3) is 0.429. The van der Waals surface area contributed by atoms with Crippen LogP contribution in [0.4, 0.5) is 0 Å². The topological polar surface area (TPSA) is 25.8 Å². The maximum Gasteiger partial charge on any atom is 0.0905 e. The summed E-state index contributed by atoms with van der Waals surface area (Å²) in [6, 6.07) is 0. The van der Waals surface area contributed by atoms with Gasteiger partial charge in [0.1, 0.15) is 0 Å². The first kappa shape index (κ1) is 7.23.